The molecule has 0 bridgehead atoms. The molecule has 0 amide bonds. The molecule has 2 atom stereocenters. The van der Waals surface area contributed by atoms with Crippen molar-refractivity contribution in [2.24, 2.45) is 0 Å². The van der Waals surface area contributed by atoms with Gasteiger partial charge in [-0.3, -0.25) is 0 Å². The SMILES string of the molecule is CCC(C)P(c1cc2ccccc2[cH-]1)C(C)CC.CCCP(CCC)c1cc2ccccc2[cH-]1.[Cl][Ti][Cl]. The van der Waals surface area contributed by atoms with Gasteiger partial charge in [-0.25, -0.2) is 0 Å². The Morgan fingerprint density at radius 1 is 0.703 bits per heavy atom. The van der Waals surface area contributed by atoms with Crippen molar-refractivity contribution in [1.82, 2.24) is 0 Å². The van der Waals surface area contributed by atoms with Gasteiger partial charge in [-0.05, 0) is 36.5 Å². The molecule has 37 heavy (non-hydrogen) atoms. The van der Waals surface area contributed by atoms with Gasteiger partial charge in [-0.2, -0.15) is 12.1 Å². The van der Waals surface area contributed by atoms with E-state index in [1.54, 1.807) is 10.6 Å². The minimum absolute atomic E-state index is 0.0252. The van der Waals surface area contributed by atoms with Crippen LogP contribution in [0, 0.1) is 0 Å². The van der Waals surface area contributed by atoms with E-state index in [1.807, 2.05) is 0 Å². The average Bonchev–Trinajstić information content (AvgIpc) is 3.53. The van der Waals surface area contributed by atoms with E-state index in [2.05, 4.69) is 114 Å². The number of hydrogen-bond acceptors (Lipinski definition) is 0. The summed E-state index contributed by atoms with van der Waals surface area (Å²) in [5.74, 6) is 0. The first kappa shape index (κ1) is 33.0. The van der Waals surface area contributed by atoms with E-state index >= 15 is 0 Å². The monoisotopic (exact) mass is 608 g/mol. The summed E-state index contributed by atoms with van der Waals surface area (Å²) in [6.07, 6.45) is 7.98. The maximum absolute atomic E-state index is 4.89. The third-order valence-corrected chi connectivity index (χ3v) is 13.4. The van der Waals surface area contributed by atoms with E-state index in [9.17, 15) is 0 Å². The predicted octanol–water partition coefficient (Wildman–Crippen LogP) is 11.1. The molecule has 0 aliphatic rings. The van der Waals surface area contributed by atoms with Crippen LogP contribution in [0.1, 0.15) is 67.2 Å². The summed E-state index contributed by atoms with van der Waals surface area (Å²) in [4.78, 5) is 0. The Kier molecular flexibility index (Phi) is 16.3. The summed E-state index contributed by atoms with van der Waals surface area (Å²) in [5, 5.41) is 8.86. The summed E-state index contributed by atoms with van der Waals surface area (Å²) in [6.45, 7) is 14.1. The zero-order chi connectivity index (χ0) is 27.2. The van der Waals surface area contributed by atoms with Crippen LogP contribution in [0.2, 0.25) is 0 Å². The molecule has 0 saturated carbocycles. The molecule has 0 aromatic heterocycles. The van der Waals surface area contributed by atoms with Crippen molar-refractivity contribution in [3.8, 4) is 0 Å². The van der Waals surface area contributed by atoms with E-state index in [1.165, 1.54) is 59.6 Å². The summed E-state index contributed by atoms with van der Waals surface area (Å²) in [6, 6.07) is 27.1. The van der Waals surface area contributed by atoms with Gasteiger partial charge in [-0.15, -0.1) is 80.7 Å². The van der Waals surface area contributed by atoms with Crippen LogP contribution < -0.4 is 10.6 Å². The van der Waals surface area contributed by atoms with Crippen LogP contribution >= 0.6 is 34.5 Å². The fraction of sp³-hybridized carbons (Fsp3) is 0.438. The number of benzene rings is 2. The third-order valence-electron chi connectivity index (χ3n) is 6.99. The first-order chi connectivity index (χ1) is 17.9. The van der Waals surface area contributed by atoms with Crippen molar-refractivity contribution in [1.29, 1.82) is 0 Å². The molecule has 0 heterocycles. The van der Waals surface area contributed by atoms with Crippen molar-refractivity contribution in [3.05, 3.63) is 72.8 Å². The summed E-state index contributed by atoms with van der Waals surface area (Å²) < 4.78 is 0. The Hall–Kier alpha value is -0.186. The number of fused-ring (bicyclic) bond motifs is 2. The van der Waals surface area contributed by atoms with Gasteiger partial charge in [0.25, 0.3) is 0 Å². The number of hydrogen-bond donors (Lipinski definition) is 0. The predicted molar refractivity (Wildman–Crippen MR) is 174 cm³/mol. The Morgan fingerprint density at radius 3 is 1.51 bits per heavy atom. The summed E-state index contributed by atoms with van der Waals surface area (Å²) in [5.41, 5.74) is 1.65. The van der Waals surface area contributed by atoms with Gasteiger partial charge >= 0.3 is 35.6 Å². The fourth-order valence-electron chi connectivity index (χ4n) is 4.85. The standard InChI is InChI=1S/C17H24P.C15H20P.2ClH.Ti/c1-5-13(3)18(14(4)6-2)17-11-15-9-7-8-10-16(15)12-17;1-3-9-16(10-4-2)15-11-13-7-5-6-8-14(13)12-15;;;/h7-14H,5-6H2,1-4H3;5-8,11-12H,3-4,9-10H2,1-2H3;2*1H;/q2*-1;;;+2/p-2. The van der Waals surface area contributed by atoms with E-state index < -0.39 is 17.0 Å². The van der Waals surface area contributed by atoms with Crippen LogP contribution in [-0.2, 0) is 17.0 Å². The van der Waals surface area contributed by atoms with Crippen LogP contribution in [0.15, 0.2) is 72.8 Å². The molecule has 2 unspecified atom stereocenters. The molecule has 0 N–H and O–H groups in total. The van der Waals surface area contributed by atoms with Crippen molar-refractivity contribution >= 4 is 66.6 Å². The Bertz CT molecular complexity index is 1070. The van der Waals surface area contributed by atoms with Gasteiger partial charge in [0, 0.05) is 0 Å². The molecule has 0 aliphatic carbocycles. The molecular formula is C32H44Cl2P2Ti-2. The quantitative estimate of drug-likeness (QED) is 0.0954. The van der Waals surface area contributed by atoms with Crippen LogP contribution in [0.5, 0.6) is 0 Å². The van der Waals surface area contributed by atoms with Gasteiger partial charge in [-0.1, -0.05) is 82.4 Å². The molecule has 4 aromatic carbocycles. The van der Waals surface area contributed by atoms with Crippen LogP contribution in [0.3, 0.4) is 0 Å². The van der Waals surface area contributed by atoms with Gasteiger partial charge in [0.05, 0.1) is 0 Å². The topological polar surface area (TPSA) is 0 Å². The van der Waals surface area contributed by atoms with Crippen molar-refractivity contribution in [3.63, 3.8) is 0 Å². The second-order valence-corrected chi connectivity index (χ2v) is 17.8. The maximum atomic E-state index is 4.89. The molecule has 4 aromatic rings. The minimum atomic E-state index is -0.556. The Morgan fingerprint density at radius 2 is 1.11 bits per heavy atom. The Balaban J connectivity index is 0.000000237. The van der Waals surface area contributed by atoms with E-state index in [-0.39, 0.29) is 15.8 Å². The fourth-order valence-corrected chi connectivity index (χ4v) is 10.6. The number of rotatable bonds is 10. The van der Waals surface area contributed by atoms with Gasteiger partial charge in [0.1, 0.15) is 0 Å². The molecule has 0 aliphatic heterocycles. The van der Waals surface area contributed by atoms with Crippen molar-refractivity contribution in [2.45, 2.75) is 78.5 Å². The molecule has 4 rings (SSSR count). The first-order valence-corrected chi connectivity index (χ1v) is 21.2. The average molecular weight is 609 g/mol. The van der Waals surface area contributed by atoms with Crippen molar-refractivity contribution < 1.29 is 17.0 Å². The second kappa shape index (κ2) is 18.2. The molecule has 5 heteroatoms. The Labute approximate surface area is 245 Å². The van der Waals surface area contributed by atoms with Crippen LogP contribution in [-0.4, -0.2) is 23.6 Å². The second-order valence-electron chi connectivity index (χ2n) is 9.67. The van der Waals surface area contributed by atoms with E-state index in [4.69, 9.17) is 18.6 Å². The molecule has 0 fully saturated rings. The van der Waals surface area contributed by atoms with Crippen molar-refractivity contribution in [2.75, 3.05) is 12.3 Å². The first-order valence-electron chi connectivity index (χ1n) is 13.7. The number of halogens is 2. The van der Waals surface area contributed by atoms with Crippen LogP contribution in [0.4, 0.5) is 0 Å². The van der Waals surface area contributed by atoms with E-state index in [0.717, 1.165) is 11.3 Å². The molecule has 0 nitrogen and oxygen atoms in total. The summed E-state index contributed by atoms with van der Waals surface area (Å²) >= 11 is -0.556. The van der Waals surface area contributed by atoms with Gasteiger partial charge in [0.2, 0.25) is 0 Å². The zero-order valence-corrected chi connectivity index (χ0v) is 28.3. The third kappa shape index (κ3) is 10.1. The molecule has 0 saturated heterocycles. The van der Waals surface area contributed by atoms with Gasteiger partial charge < -0.3 is 0 Å². The normalized spacial score (nSPS) is 13.4. The van der Waals surface area contributed by atoms with Gasteiger partial charge in [0.15, 0.2) is 0 Å². The zero-order valence-electron chi connectivity index (χ0n) is 23.5. The molecular weight excluding hydrogens is 565 g/mol. The molecule has 0 spiro atoms. The van der Waals surface area contributed by atoms with E-state index in [0.29, 0.717) is 0 Å². The summed E-state index contributed by atoms with van der Waals surface area (Å²) in [7, 11) is 9.85. The molecule has 0 radical (unpaired) electrons. The molecule has 202 valence electrons. The van der Waals surface area contributed by atoms with Crippen LogP contribution in [0.25, 0.3) is 21.5 Å².